The van der Waals surface area contributed by atoms with Crippen LogP contribution in [-0.2, 0) is 0 Å². The summed E-state index contributed by atoms with van der Waals surface area (Å²) in [5.41, 5.74) is 11.8. The topological polar surface area (TPSA) is 38.7 Å². The summed E-state index contributed by atoms with van der Waals surface area (Å²) in [5, 5.41) is 9.90. The summed E-state index contributed by atoms with van der Waals surface area (Å²) in [6.45, 7) is 0. The van der Waals surface area contributed by atoms with Crippen molar-refractivity contribution in [2.24, 2.45) is 0 Å². The molecule has 0 radical (unpaired) electrons. The Morgan fingerprint density at radius 1 is 0.203 bits per heavy atom. The van der Waals surface area contributed by atoms with Crippen molar-refractivity contribution in [3.63, 3.8) is 0 Å². The highest BCUT2D eigenvalue weighted by Gasteiger charge is 2.18. The molecule has 0 unspecified atom stereocenters. The smallest absolute Gasteiger partial charge is 0.164 e. The third kappa shape index (κ3) is 6.77. The zero-order chi connectivity index (χ0) is 42.4. The molecule has 0 aliphatic heterocycles. The van der Waals surface area contributed by atoms with E-state index in [1.54, 1.807) is 0 Å². The molecule has 1 heterocycles. The molecule has 0 fully saturated rings. The fourth-order valence-electron chi connectivity index (χ4n) is 9.33. The SMILES string of the molecule is c1ccc(-c2ccccc2-c2nc(-c3cccc(-c4cccc(-c5c6ccccc6cc6c5ccc5ccccc56)c4)c3)nc(-c3cccc(-c4ccc5ccccc5c4)c3)n2)cc1. The van der Waals surface area contributed by atoms with Crippen LogP contribution in [0.25, 0.3) is 122 Å². The van der Waals surface area contributed by atoms with Crippen LogP contribution in [0.2, 0.25) is 0 Å². The third-order valence-electron chi connectivity index (χ3n) is 12.5. The number of hydrogen-bond acceptors (Lipinski definition) is 3. The van der Waals surface area contributed by atoms with E-state index >= 15 is 0 Å². The number of benzene rings is 11. The summed E-state index contributed by atoms with van der Waals surface area (Å²) in [5.74, 6) is 1.86. The van der Waals surface area contributed by atoms with E-state index in [4.69, 9.17) is 15.0 Å². The summed E-state index contributed by atoms with van der Waals surface area (Å²) in [6.07, 6.45) is 0. The molecule has 0 amide bonds. The summed E-state index contributed by atoms with van der Waals surface area (Å²) >= 11 is 0. The molecule has 0 N–H and O–H groups in total. The highest BCUT2D eigenvalue weighted by molar-refractivity contribution is 6.20. The van der Waals surface area contributed by atoms with Crippen molar-refractivity contribution in [1.29, 1.82) is 0 Å². The first kappa shape index (κ1) is 37.2. The van der Waals surface area contributed by atoms with Gasteiger partial charge in [-0.15, -0.1) is 0 Å². The van der Waals surface area contributed by atoms with Crippen molar-refractivity contribution in [1.82, 2.24) is 15.0 Å². The fraction of sp³-hybridized carbons (Fsp3) is 0. The maximum atomic E-state index is 5.27. The summed E-state index contributed by atoms with van der Waals surface area (Å²) in [6, 6.07) is 84.3. The van der Waals surface area contributed by atoms with Crippen molar-refractivity contribution < 1.29 is 0 Å². The predicted molar refractivity (Wildman–Crippen MR) is 268 cm³/mol. The predicted octanol–water partition coefficient (Wildman–Crippen LogP) is 16.2. The van der Waals surface area contributed by atoms with E-state index in [1.165, 1.54) is 54.2 Å². The molecule has 0 saturated heterocycles. The molecule has 11 aromatic carbocycles. The molecule has 0 bridgehead atoms. The van der Waals surface area contributed by atoms with Gasteiger partial charge in [-0.25, -0.2) is 15.0 Å². The Balaban J connectivity index is 0.999. The number of aromatic nitrogens is 3. The van der Waals surface area contributed by atoms with Crippen LogP contribution >= 0.6 is 0 Å². The highest BCUT2D eigenvalue weighted by Crippen LogP contribution is 2.41. The van der Waals surface area contributed by atoms with E-state index in [9.17, 15) is 0 Å². The van der Waals surface area contributed by atoms with Crippen LogP contribution in [0.1, 0.15) is 0 Å². The van der Waals surface area contributed by atoms with Gasteiger partial charge in [-0.05, 0) is 118 Å². The van der Waals surface area contributed by atoms with Crippen molar-refractivity contribution in [3.8, 4) is 78.7 Å². The van der Waals surface area contributed by atoms with Crippen LogP contribution in [0.15, 0.2) is 237 Å². The van der Waals surface area contributed by atoms with Crippen molar-refractivity contribution in [3.05, 3.63) is 237 Å². The molecule has 298 valence electrons. The molecule has 3 nitrogen and oxygen atoms in total. The Morgan fingerprint density at radius 3 is 1.41 bits per heavy atom. The average Bonchev–Trinajstić information content (AvgIpc) is 3.38. The third-order valence-corrected chi connectivity index (χ3v) is 12.5. The Labute approximate surface area is 371 Å². The number of fused-ring (bicyclic) bond motifs is 5. The second-order valence-corrected chi connectivity index (χ2v) is 16.4. The molecule has 3 heteroatoms. The molecule has 0 saturated carbocycles. The molecular weight excluding hydrogens is 775 g/mol. The van der Waals surface area contributed by atoms with E-state index in [-0.39, 0.29) is 0 Å². The largest absolute Gasteiger partial charge is 0.208 e. The lowest BCUT2D eigenvalue weighted by Crippen LogP contribution is -2.01. The molecule has 0 aliphatic rings. The van der Waals surface area contributed by atoms with E-state index in [2.05, 4.69) is 231 Å². The van der Waals surface area contributed by atoms with Gasteiger partial charge in [0, 0.05) is 16.7 Å². The van der Waals surface area contributed by atoms with Gasteiger partial charge in [-0.2, -0.15) is 0 Å². The van der Waals surface area contributed by atoms with Gasteiger partial charge < -0.3 is 0 Å². The maximum Gasteiger partial charge on any atom is 0.164 e. The van der Waals surface area contributed by atoms with Gasteiger partial charge in [0.25, 0.3) is 0 Å². The van der Waals surface area contributed by atoms with Gasteiger partial charge in [0.05, 0.1) is 0 Å². The van der Waals surface area contributed by atoms with Crippen LogP contribution in [-0.4, -0.2) is 15.0 Å². The Bertz CT molecular complexity index is 3740. The number of rotatable bonds is 7. The Hall–Kier alpha value is -8.53. The lowest BCUT2D eigenvalue weighted by molar-refractivity contribution is 1.07. The van der Waals surface area contributed by atoms with Crippen molar-refractivity contribution in [2.75, 3.05) is 0 Å². The van der Waals surface area contributed by atoms with Gasteiger partial charge in [0.15, 0.2) is 17.5 Å². The molecule has 0 atom stereocenters. The summed E-state index contributed by atoms with van der Waals surface area (Å²) < 4.78 is 0. The molecule has 1 aromatic heterocycles. The van der Waals surface area contributed by atoms with Crippen LogP contribution < -0.4 is 0 Å². The van der Waals surface area contributed by atoms with Gasteiger partial charge in [0.1, 0.15) is 0 Å². The minimum Gasteiger partial charge on any atom is -0.208 e. The number of hydrogen-bond donors (Lipinski definition) is 0. The minimum absolute atomic E-state index is 0.615. The average molecular weight is 814 g/mol. The van der Waals surface area contributed by atoms with Crippen LogP contribution in [0.3, 0.4) is 0 Å². The van der Waals surface area contributed by atoms with E-state index in [0.717, 1.165) is 50.1 Å². The number of nitrogens with zero attached hydrogens (tertiary/aromatic N) is 3. The van der Waals surface area contributed by atoms with Gasteiger partial charge >= 0.3 is 0 Å². The van der Waals surface area contributed by atoms with Crippen molar-refractivity contribution >= 4 is 43.1 Å². The zero-order valence-electron chi connectivity index (χ0n) is 34.9. The second kappa shape index (κ2) is 15.7. The molecule has 0 spiro atoms. The quantitative estimate of drug-likeness (QED) is 0.119. The van der Waals surface area contributed by atoms with Crippen LogP contribution in [0.4, 0.5) is 0 Å². The van der Waals surface area contributed by atoms with Crippen LogP contribution in [0.5, 0.6) is 0 Å². The van der Waals surface area contributed by atoms with Gasteiger partial charge in [-0.1, -0.05) is 206 Å². The lowest BCUT2D eigenvalue weighted by Gasteiger charge is -2.15. The van der Waals surface area contributed by atoms with E-state index in [0.29, 0.717) is 17.5 Å². The Kier molecular flexibility index (Phi) is 9.16. The summed E-state index contributed by atoms with van der Waals surface area (Å²) in [4.78, 5) is 15.8. The monoisotopic (exact) mass is 813 g/mol. The standard InChI is InChI=1S/C61H39N3/c1-2-16-41(17-3-1)52-27-10-11-30-56(52)61-63-59(62-60(64-61)51-26-14-23-46(38-51)47-32-31-40-15-4-5-19-43(40)35-47)50-25-13-22-45(37-50)44-21-12-24-49(36-44)58-54-29-9-7-20-48(54)39-57-53-28-8-6-18-42(53)33-34-55(57)58/h1-39H. The van der Waals surface area contributed by atoms with Crippen LogP contribution in [0, 0.1) is 0 Å². The maximum absolute atomic E-state index is 5.27. The lowest BCUT2D eigenvalue weighted by atomic mass is 9.89. The van der Waals surface area contributed by atoms with E-state index in [1.807, 2.05) is 6.07 Å². The minimum atomic E-state index is 0.615. The first-order valence-corrected chi connectivity index (χ1v) is 21.8. The fourth-order valence-corrected chi connectivity index (χ4v) is 9.33. The Morgan fingerprint density at radius 2 is 0.688 bits per heavy atom. The van der Waals surface area contributed by atoms with E-state index < -0.39 is 0 Å². The highest BCUT2D eigenvalue weighted by atomic mass is 15.0. The molecule has 12 rings (SSSR count). The molecule has 64 heavy (non-hydrogen) atoms. The molecular formula is C61H39N3. The molecule has 0 aliphatic carbocycles. The first-order valence-electron chi connectivity index (χ1n) is 21.8. The van der Waals surface area contributed by atoms with Gasteiger partial charge in [0.2, 0.25) is 0 Å². The van der Waals surface area contributed by atoms with Crippen molar-refractivity contribution in [2.45, 2.75) is 0 Å². The summed E-state index contributed by atoms with van der Waals surface area (Å²) in [7, 11) is 0. The normalized spacial score (nSPS) is 11.4. The molecule has 12 aromatic rings. The zero-order valence-corrected chi connectivity index (χ0v) is 34.9. The first-order chi connectivity index (χ1) is 31.7. The van der Waals surface area contributed by atoms with Gasteiger partial charge in [-0.3, -0.25) is 0 Å². The second-order valence-electron chi connectivity index (χ2n) is 16.4.